The molecule has 0 aromatic heterocycles. The Bertz CT molecular complexity index is 321. The number of carbonyl (C=O) groups excluding carboxylic acids is 1. The predicted octanol–water partition coefficient (Wildman–Crippen LogP) is 2.72. The Morgan fingerprint density at radius 3 is 2.25 bits per heavy atom. The van der Waals surface area contributed by atoms with E-state index >= 15 is 0 Å². The van der Waals surface area contributed by atoms with Gasteiger partial charge in [0.25, 0.3) is 0 Å². The molecule has 0 amide bonds. The summed E-state index contributed by atoms with van der Waals surface area (Å²) in [5, 5.41) is 0. The first-order valence-electron chi connectivity index (χ1n) is 6.73. The van der Waals surface area contributed by atoms with Crippen molar-refractivity contribution in [3.63, 3.8) is 0 Å². The lowest BCUT2D eigenvalue weighted by molar-refractivity contribution is -0.145. The molecular weight excluding hydrogens is 200 g/mol. The van der Waals surface area contributed by atoms with Crippen LogP contribution < -0.4 is 0 Å². The Balaban J connectivity index is 1.98. The van der Waals surface area contributed by atoms with E-state index in [9.17, 15) is 4.79 Å². The molecule has 1 saturated heterocycles. The molecule has 2 aliphatic carbocycles. The van der Waals surface area contributed by atoms with Crippen molar-refractivity contribution in [2.45, 2.75) is 40.2 Å². The van der Waals surface area contributed by atoms with Gasteiger partial charge in [-0.25, -0.2) is 0 Å². The molecule has 0 N–H and O–H groups in total. The molecule has 2 bridgehead atoms. The van der Waals surface area contributed by atoms with Crippen LogP contribution in [0.3, 0.4) is 0 Å². The zero-order valence-electron chi connectivity index (χ0n) is 10.6. The first-order valence-corrected chi connectivity index (χ1v) is 6.73. The molecule has 6 atom stereocenters. The van der Waals surface area contributed by atoms with E-state index < -0.39 is 0 Å². The van der Waals surface area contributed by atoms with Crippen LogP contribution in [0.5, 0.6) is 0 Å². The van der Waals surface area contributed by atoms with Gasteiger partial charge in [-0.2, -0.15) is 0 Å². The monoisotopic (exact) mass is 222 g/mol. The van der Waals surface area contributed by atoms with Crippen LogP contribution >= 0.6 is 0 Å². The van der Waals surface area contributed by atoms with Crippen molar-refractivity contribution in [2.75, 3.05) is 0 Å². The summed E-state index contributed by atoms with van der Waals surface area (Å²) in [7, 11) is 0. The predicted molar refractivity (Wildman–Crippen MR) is 61.6 cm³/mol. The lowest BCUT2D eigenvalue weighted by atomic mass is 9.67. The number of ether oxygens (including phenoxy) is 1. The number of rotatable bonds is 2. The van der Waals surface area contributed by atoms with E-state index in [1.54, 1.807) is 0 Å². The van der Waals surface area contributed by atoms with E-state index in [1.165, 1.54) is 6.42 Å². The molecule has 3 rings (SSSR count). The highest BCUT2D eigenvalue weighted by Crippen LogP contribution is 2.63. The zero-order valence-corrected chi connectivity index (χ0v) is 10.6. The van der Waals surface area contributed by atoms with E-state index in [4.69, 9.17) is 4.74 Å². The summed E-state index contributed by atoms with van der Waals surface area (Å²) >= 11 is 0. The molecule has 3 fully saturated rings. The van der Waals surface area contributed by atoms with Gasteiger partial charge in [0.15, 0.2) is 0 Å². The minimum atomic E-state index is 0.111. The Kier molecular flexibility index (Phi) is 2.15. The largest absolute Gasteiger partial charge is 0.461 e. The second-order valence-electron chi connectivity index (χ2n) is 6.63. The fraction of sp³-hybridized carbons (Fsp3) is 0.929. The molecule has 2 heteroatoms. The van der Waals surface area contributed by atoms with E-state index in [0.717, 1.165) is 5.92 Å². The van der Waals surface area contributed by atoms with Crippen molar-refractivity contribution in [1.29, 1.82) is 0 Å². The van der Waals surface area contributed by atoms with Crippen molar-refractivity contribution in [2.24, 2.45) is 41.4 Å². The number of esters is 1. The van der Waals surface area contributed by atoms with Crippen LogP contribution in [0.4, 0.5) is 0 Å². The van der Waals surface area contributed by atoms with Gasteiger partial charge in [-0.05, 0) is 30.1 Å². The summed E-state index contributed by atoms with van der Waals surface area (Å²) in [4.78, 5) is 12.0. The normalized spacial score (nSPS) is 49.5. The number of carbonyl (C=O) groups is 1. The Morgan fingerprint density at radius 2 is 1.69 bits per heavy atom. The molecule has 2 saturated carbocycles. The minimum Gasteiger partial charge on any atom is -0.461 e. The smallest absolute Gasteiger partial charge is 0.309 e. The fourth-order valence-corrected chi connectivity index (χ4v) is 4.94. The van der Waals surface area contributed by atoms with Crippen LogP contribution in [0.2, 0.25) is 0 Å². The fourth-order valence-electron chi connectivity index (χ4n) is 4.94. The number of fused-ring (bicyclic) bond motifs is 1. The molecule has 2 nitrogen and oxygen atoms in total. The van der Waals surface area contributed by atoms with Gasteiger partial charge >= 0.3 is 5.97 Å². The second kappa shape index (κ2) is 3.24. The topological polar surface area (TPSA) is 26.3 Å². The lowest BCUT2D eigenvalue weighted by Crippen LogP contribution is -2.38. The highest BCUT2D eigenvalue weighted by Gasteiger charge is 2.66. The molecule has 90 valence electrons. The van der Waals surface area contributed by atoms with Gasteiger partial charge in [-0.3, -0.25) is 4.79 Å². The molecular formula is C14H22O2. The molecule has 0 aromatic rings. The minimum absolute atomic E-state index is 0.111. The van der Waals surface area contributed by atoms with Crippen molar-refractivity contribution < 1.29 is 9.53 Å². The summed E-state index contributed by atoms with van der Waals surface area (Å²) in [5.41, 5.74) is 0. The van der Waals surface area contributed by atoms with Crippen molar-refractivity contribution >= 4 is 5.97 Å². The van der Waals surface area contributed by atoms with Crippen LogP contribution in [0.1, 0.15) is 34.1 Å². The molecule has 0 spiro atoms. The summed E-state index contributed by atoms with van der Waals surface area (Å²) in [6, 6.07) is 0. The standard InChI is InChI=1S/C14H22O2/c1-6(2)10-8-5-9-12(10)14(15)16-13(9)11(8)7(3)4/h6-13H,5H2,1-4H3. The van der Waals surface area contributed by atoms with Crippen molar-refractivity contribution in [3.05, 3.63) is 0 Å². The lowest BCUT2D eigenvalue weighted by Gasteiger charge is -2.36. The van der Waals surface area contributed by atoms with Crippen LogP contribution in [0, 0.1) is 41.4 Å². The summed E-state index contributed by atoms with van der Waals surface area (Å²) < 4.78 is 5.65. The summed E-state index contributed by atoms with van der Waals surface area (Å²) in [6.07, 6.45) is 1.50. The Labute approximate surface area is 97.7 Å². The number of hydrogen-bond acceptors (Lipinski definition) is 2. The molecule has 0 radical (unpaired) electrons. The van der Waals surface area contributed by atoms with Gasteiger partial charge in [-0.1, -0.05) is 27.7 Å². The highest BCUT2D eigenvalue weighted by atomic mass is 16.6. The third-order valence-electron chi connectivity index (χ3n) is 5.27. The molecule has 0 aromatic carbocycles. The maximum atomic E-state index is 12.0. The SMILES string of the molecule is CC(C)C1C2CC3C1OC(=O)C3C2C(C)C. The van der Waals surface area contributed by atoms with Gasteiger partial charge in [0.05, 0.1) is 5.92 Å². The number of hydrogen-bond donors (Lipinski definition) is 0. The summed E-state index contributed by atoms with van der Waals surface area (Å²) in [6.45, 7) is 9.10. The van der Waals surface area contributed by atoms with Gasteiger partial charge in [0, 0.05) is 11.8 Å². The molecule has 16 heavy (non-hydrogen) atoms. The van der Waals surface area contributed by atoms with Gasteiger partial charge in [-0.15, -0.1) is 0 Å². The molecule has 1 aliphatic heterocycles. The van der Waals surface area contributed by atoms with E-state index in [-0.39, 0.29) is 18.0 Å². The molecule has 1 heterocycles. The van der Waals surface area contributed by atoms with E-state index in [1.807, 2.05) is 0 Å². The Morgan fingerprint density at radius 1 is 1.06 bits per heavy atom. The van der Waals surface area contributed by atoms with E-state index in [0.29, 0.717) is 29.6 Å². The Hall–Kier alpha value is -0.530. The van der Waals surface area contributed by atoms with Gasteiger partial charge in [0.1, 0.15) is 6.10 Å². The van der Waals surface area contributed by atoms with Gasteiger partial charge in [0.2, 0.25) is 0 Å². The first-order chi connectivity index (χ1) is 7.52. The second-order valence-corrected chi connectivity index (χ2v) is 6.63. The van der Waals surface area contributed by atoms with Crippen molar-refractivity contribution in [3.8, 4) is 0 Å². The molecule has 6 unspecified atom stereocenters. The van der Waals surface area contributed by atoms with Crippen LogP contribution in [-0.2, 0) is 9.53 Å². The average molecular weight is 222 g/mol. The average Bonchev–Trinajstić information content (AvgIpc) is 2.74. The van der Waals surface area contributed by atoms with Crippen molar-refractivity contribution in [1.82, 2.24) is 0 Å². The first kappa shape index (κ1) is 10.6. The van der Waals surface area contributed by atoms with Crippen LogP contribution in [0.15, 0.2) is 0 Å². The van der Waals surface area contributed by atoms with E-state index in [2.05, 4.69) is 27.7 Å². The quantitative estimate of drug-likeness (QED) is 0.671. The molecule has 3 aliphatic rings. The summed E-state index contributed by atoms with van der Waals surface area (Å²) in [5.74, 6) is 4.12. The maximum absolute atomic E-state index is 12.0. The van der Waals surface area contributed by atoms with Crippen LogP contribution in [-0.4, -0.2) is 12.1 Å². The van der Waals surface area contributed by atoms with Crippen LogP contribution in [0.25, 0.3) is 0 Å². The maximum Gasteiger partial charge on any atom is 0.309 e. The van der Waals surface area contributed by atoms with Gasteiger partial charge < -0.3 is 4.74 Å². The third-order valence-corrected chi connectivity index (χ3v) is 5.27. The highest BCUT2D eigenvalue weighted by molar-refractivity contribution is 5.77. The zero-order chi connectivity index (χ0) is 11.6. The third kappa shape index (κ3) is 1.11.